The predicted octanol–water partition coefficient (Wildman–Crippen LogP) is 3.50. The van der Waals surface area contributed by atoms with Gasteiger partial charge in [-0.25, -0.2) is 4.98 Å². The molecule has 1 N–H and O–H groups in total. The van der Waals surface area contributed by atoms with Gasteiger partial charge in [0.2, 0.25) is 0 Å². The summed E-state index contributed by atoms with van der Waals surface area (Å²) in [6.07, 6.45) is 3.24. The lowest BCUT2D eigenvalue weighted by atomic mass is 10.3. The fraction of sp³-hybridized carbons (Fsp3) is 0.0667. The number of amides is 1. The monoisotopic (exact) mass is 268 g/mol. The summed E-state index contributed by atoms with van der Waals surface area (Å²) in [5.41, 5.74) is 1.03. The number of furan rings is 2. The van der Waals surface area contributed by atoms with Crippen molar-refractivity contribution in [3.63, 3.8) is 0 Å². The molecule has 5 nitrogen and oxygen atoms in total. The van der Waals surface area contributed by atoms with Crippen LogP contribution in [0.1, 0.15) is 16.1 Å². The van der Waals surface area contributed by atoms with Gasteiger partial charge < -0.3 is 14.2 Å². The van der Waals surface area contributed by atoms with E-state index in [4.69, 9.17) is 8.83 Å². The third-order valence-electron chi connectivity index (χ3n) is 2.75. The summed E-state index contributed by atoms with van der Waals surface area (Å²) in [4.78, 5) is 16.1. The Morgan fingerprint density at radius 1 is 1.15 bits per heavy atom. The summed E-state index contributed by atoms with van der Waals surface area (Å²) in [6.45, 7) is 1.93. The number of nitrogens with zero attached hydrogens (tertiary/aromatic N) is 1. The van der Waals surface area contributed by atoms with E-state index in [2.05, 4.69) is 10.3 Å². The largest absolute Gasteiger partial charge is 0.461 e. The molecule has 0 spiro atoms. The molecule has 3 heterocycles. The highest BCUT2D eigenvalue weighted by Gasteiger charge is 2.14. The van der Waals surface area contributed by atoms with E-state index in [-0.39, 0.29) is 11.7 Å². The fourth-order valence-electron chi connectivity index (χ4n) is 1.73. The van der Waals surface area contributed by atoms with Gasteiger partial charge in [-0.15, -0.1) is 0 Å². The highest BCUT2D eigenvalue weighted by molar-refractivity contribution is 6.01. The molecule has 0 aliphatic carbocycles. The zero-order valence-corrected chi connectivity index (χ0v) is 10.8. The predicted molar refractivity (Wildman–Crippen MR) is 73.3 cm³/mol. The molecule has 3 rings (SSSR count). The van der Waals surface area contributed by atoms with E-state index in [1.54, 1.807) is 42.8 Å². The zero-order chi connectivity index (χ0) is 13.9. The third-order valence-corrected chi connectivity index (χ3v) is 2.75. The van der Waals surface area contributed by atoms with Crippen LogP contribution in [0, 0.1) is 6.92 Å². The van der Waals surface area contributed by atoms with Crippen molar-refractivity contribution >= 4 is 11.7 Å². The third kappa shape index (κ3) is 2.47. The molecule has 0 atom stereocenters. The van der Waals surface area contributed by atoms with Crippen LogP contribution >= 0.6 is 0 Å². The van der Waals surface area contributed by atoms with Crippen molar-refractivity contribution in [2.24, 2.45) is 0 Å². The van der Waals surface area contributed by atoms with Gasteiger partial charge in [-0.05, 0) is 42.8 Å². The molecule has 0 aliphatic heterocycles. The molecule has 100 valence electrons. The summed E-state index contributed by atoms with van der Waals surface area (Å²) in [5.74, 6) is 1.43. The van der Waals surface area contributed by atoms with Crippen LogP contribution in [0.2, 0.25) is 0 Å². The van der Waals surface area contributed by atoms with Crippen LogP contribution in [0.4, 0.5) is 5.82 Å². The van der Waals surface area contributed by atoms with Crippen molar-refractivity contribution in [1.29, 1.82) is 0 Å². The fourth-order valence-corrected chi connectivity index (χ4v) is 1.73. The summed E-state index contributed by atoms with van der Waals surface area (Å²) >= 11 is 0. The van der Waals surface area contributed by atoms with Gasteiger partial charge in [0.15, 0.2) is 17.3 Å². The van der Waals surface area contributed by atoms with Crippen molar-refractivity contribution < 1.29 is 13.6 Å². The Balaban J connectivity index is 1.76. The van der Waals surface area contributed by atoms with Crippen molar-refractivity contribution in [2.75, 3.05) is 5.32 Å². The first-order valence-electron chi connectivity index (χ1n) is 6.10. The highest BCUT2D eigenvalue weighted by Crippen LogP contribution is 2.22. The van der Waals surface area contributed by atoms with Crippen LogP contribution in [-0.4, -0.2) is 10.9 Å². The Morgan fingerprint density at radius 2 is 2.05 bits per heavy atom. The minimum atomic E-state index is -0.348. The zero-order valence-electron chi connectivity index (χ0n) is 10.8. The van der Waals surface area contributed by atoms with Crippen LogP contribution < -0.4 is 5.32 Å². The SMILES string of the molecule is Cc1ccc(NC(=O)c2ccc(-c3ccco3)o2)nc1. The number of hydrogen-bond donors (Lipinski definition) is 1. The number of carbonyl (C=O) groups excluding carboxylic acids is 1. The average Bonchev–Trinajstić information content (AvgIpc) is 3.11. The molecule has 0 aliphatic rings. The van der Waals surface area contributed by atoms with Crippen LogP contribution in [0.5, 0.6) is 0 Å². The Morgan fingerprint density at radius 3 is 2.75 bits per heavy atom. The van der Waals surface area contributed by atoms with Crippen molar-refractivity contribution in [2.45, 2.75) is 6.92 Å². The normalized spacial score (nSPS) is 10.4. The van der Waals surface area contributed by atoms with Gasteiger partial charge >= 0.3 is 0 Å². The van der Waals surface area contributed by atoms with Crippen LogP contribution in [0.3, 0.4) is 0 Å². The van der Waals surface area contributed by atoms with E-state index in [0.29, 0.717) is 17.3 Å². The number of aromatic nitrogens is 1. The Bertz CT molecular complexity index is 712. The van der Waals surface area contributed by atoms with Crippen LogP contribution in [-0.2, 0) is 0 Å². The standard InChI is InChI=1S/C15H12N2O3/c1-10-4-7-14(16-9-10)17-15(18)13-6-5-12(20-13)11-3-2-8-19-11/h2-9H,1H3,(H,16,17,18). The molecule has 0 aromatic carbocycles. The molecule has 1 amide bonds. The molecule has 0 unspecified atom stereocenters. The molecular weight excluding hydrogens is 256 g/mol. The van der Waals surface area contributed by atoms with Gasteiger partial charge in [0, 0.05) is 6.20 Å². The highest BCUT2D eigenvalue weighted by atomic mass is 16.4. The first kappa shape index (κ1) is 12.2. The summed E-state index contributed by atoms with van der Waals surface area (Å²) in [7, 11) is 0. The lowest BCUT2D eigenvalue weighted by Gasteiger charge is -2.02. The molecule has 3 aromatic rings. The van der Waals surface area contributed by atoms with Crippen molar-refractivity contribution in [3.05, 3.63) is 60.2 Å². The van der Waals surface area contributed by atoms with Gasteiger partial charge in [-0.1, -0.05) is 6.07 Å². The number of pyridine rings is 1. The first-order valence-corrected chi connectivity index (χ1v) is 6.10. The average molecular weight is 268 g/mol. The molecule has 20 heavy (non-hydrogen) atoms. The summed E-state index contributed by atoms with van der Waals surface area (Å²) < 4.78 is 10.7. The second-order valence-corrected chi connectivity index (χ2v) is 4.32. The lowest BCUT2D eigenvalue weighted by molar-refractivity contribution is 0.0997. The van der Waals surface area contributed by atoms with Gasteiger partial charge in [0.1, 0.15) is 5.82 Å². The van der Waals surface area contributed by atoms with Crippen molar-refractivity contribution in [3.8, 4) is 11.5 Å². The number of rotatable bonds is 3. The Kier molecular flexibility index (Phi) is 3.09. The van der Waals surface area contributed by atoms with E-state index >= 15 is 0 Å². The van der Waals surface area contributed by atoms with E-state index < -0.39 is 0 Å². The minimum absolute atomic E-state index is 0.207. The first-order chi connectivity index (χ1) is 9.72. The van der Waals surface area contributed by atoms with Crippen molar-refractivity contribution in [1.82, 2.24) is 4.98 Å². The Labute approximate surface area is 115 Å². The molecule has 5 heteroatoms. The molecule has 0 saturated heterocycles. The maximum atomic E-state index is 12.0. The van der Waals surface area contributed by atoms with E-state index in [1.807, 2.05) is 13.0 Å². The minimum Gasteiger partial charge on any atom is -0.461 e. The Hall–Kier alpha value is -2.82. The summed E-state index contributed by atoms with van der Waals surface area (Å²) in [6, 6.07) is 10.4. The molecular formula is C15H12N2O3. The van der Waals surface area contributed by atoms with Gasteiger partial charge in [0.25, 0.3) is 5.91 Å². The maximum absolute atomic E-state index is 12.0. The van der Waals surface area contributed by atoms with Crippen LogP contribution in [0.15, 0.2) is 57.7 Å². The van der Waals surface area contributed by atoms with E-state index in [1.165, 1.54) is 0 Å². The molecule has 3 aromatic heterocycles. The summed E-state index contributed by atoms with van der Waals surface area (Å²) in [5, 5.41) is 2.67. The quantitative estimate of drug-likeness (QED) is 0.789. The molecule has 0 saturated carbocycles. The lowest BCUT2D eigenvalue weighted by Crippen LogP contribution is -2.11. The number of hydrogen-bond acceptors (Lipinski definition) is 4. The maximum Gasteiger partial charge on any atom is 0.292 e. The topological polar surface area (TPSA) is 68.3 Å². The van der Waals surface area contributed by atoms with Gasteiger partial charge in [0.05, 0.1) is 6.26 Å². The van der Waals surface area contributed by atoms with Gasteiger partial charge in [-0.2, -0.15) is 0 Å². The second-order valence-electron chi connectivity index (χ2n) is 4.32. The number of anilines is 1. The molecule has 0 radical (unpaired) electrons. The number of carbonyl (C=O) groups is 1. The van der Waals surface area contributed by atoms with Crippen LogP contribution in [0.25, 0.3) is 11.5 Å². The smallest absolute Gasteiger partial charge is 0.292 e. The molecule has 0 fully saturated rings. The second kappa shape index (κ2) is 5.05. The van der Waals surface area contributed by atoms with E-state index in [9.17, 15) is 4.79 Å². The van der Waals surface area contributed by atoms with Gasteiger partial charge in [-0.3, -0.25) is 4.79 Å². The number of aryl methyl sites for hydroxylation is 1. The number of nitrogens with one attached hydrogen (secondary N) is 1. The molecule has 0 bridgehead atoms. The van der Waals surface area contributed by atoms with E-state index in [0.717, 1.165) is 5.56 Å².